The lowest BCUT2D eigenvalue weighted by Crippen LogP contribution is -2.25. The van der Waals surface area contributed by atoms with E-state index in [9.17, 15) is 8.42 Å². The van der Waals surface area contributed by atoms with E-state index < -0.39 is 10.0 Å². The summed E-state index contributed by atoms with van der Waals surface area (Å²) >= 11 is 4.41. The van der Waals surface area contributed by atoms with E-state index in [0.29, 0.717) is 17.4 Å². The van der Waals surface area contributed by atoms with Gasteiger partial charge in [-0.3, -0.25) is 4.84 Å². The van der Waals surface area contributed by atoms with Crippen molar-refractivity contribution in [1.82, 2.24) is 4.47 Å². The zero-order valence-electron chi connectivity index (χ0n) is 7.14. The molecule has 7 heteroatoms. The molecule has 0 spiro atoms. The summed E-state index contributed by atoms with van der Waals surface area (Å²) in [6, 6.07) is 1.59. The van der Waals surface area contributed by atoms with Crippen LogP contribution in [0.2, 0.25) is 0 Å². The summed E-state index contributed by atoms with van der Waals surface area (Å²) < 4.78 is 25.8. The molecule has 2 heterocycles. The van der Waals surface area contributed by atoms with Gasteiger partial charge in [0.1, 0.15) is 4.21 Å². The van der Waals surface area contributed by atoms with Crippen molar-refractivity contribution < 1.29 is 13.3 Å². The van der Waals surface area contributed by atoms with Gasteiger partial charge in [0.05, 0.1) is 6.61 Å². The molecule has 1 aromatic rings. The van der Waals surface area contributed by atoms with Crippen molar-refractivity contribution in [3.05, 3.63) is 15.9 Å². The maximum Gasteiger partial charge on any atom is 0.274 e. The Labute approximate surface area is 94.6 Å². The highest BCUT2D eigenvalue weighted by atomic mass is 79.9. The normalized spacial score (nSPS) is 18.9. The lowest BCUT2D eigenvalue weighted by molar-refractivity contribution is -0.0282. The Morgan fingerprint density at radius 1 is 1.57 bits per heavy atom. The first-order valence-electron chi connectivity index (χ1n) is 4.00. The lowest BCUT2D eigenvalue weighted by atomic mass is 10.5. The summed E-state index contributed by atoms with van der Waals surface area (Å²) in [6.45, 7) is 0.920. The van der Waals surface area contributed by atoms with Crippen LogP contribution in [0.1, 0.15) is 6.42 Å². The van der Waals surface area contributed by atoms with E-state index in [0.717, 1.165) is 15.4 Å². The molecule has 1 aliphatic heterocycles. The minimum atomic E-state index is -3.42. The Balaban J connectivity index is 2.32. The van der Waals surface area contributed by atoms with Crippen LogP contribution in [0.4, 0.5) is 0 Å². The second-order valence-electron chi connectivity index (χ2n) is 2.80. The number of thiophene rings is 1. The summed E-state index contributed by atoms with van der Waals surface area (Å²) in [5, 5.41) is 1.74. The monoisotopic (exact) mass is 297 g/mol. The van der Waals surface area contributed by atoms with Crippen LogP contribution in [0.3, 0.4) is 0 Å². The summed E-state index contributed by atoms with van der Waals surface area (Å²) in [6.07, 6.45) is 0.756. The first kappa shape index (κ1) is 10.6. The molecular weight excluding hydrogens is 290 g/mol. The summed E-state index contributed by atoms with van der Waals surface area (Å²) in [5.74, 6) is 0. The van der Waals surface area contributed by atoms with Crippen molar-refractivity contribution in [3.8, 4) is 0 Å². The highest BCUT2D eigenvalue weighted by molar-refractivity contribution is 9.10. The number of hydrogen-bond donors (Lipinski definition) is 0. The highest BCUT2D eigenvalue weighted by Crippen LogP contribution is 2.28. The third-order valence-corrected chi connectivity index (χ3v) is 5.64. The first-order valence-corrected chi connectivity index (χ1v) is 7.12. The molecule has 4 nitrogen and oxygen atoms in total. The molecule has 0 aromatic carbocycles. The van der Waals surface area contributed by atoms with Gasteiger partial charge in [0.25, 0.3) is 10.0 Å². The van der Waals surface area contributed by atoms with Crippen LogP contribution < -0.4 is 0 Å². The van der Waals surface area contributed by atoms with Crippen LogP contribution in [-0.2, 0) is 14.9 Å². The Bertz CT molecular complexity index is 422. The summed E-state index contributed by atoms with van der Waals surface area (Å²) in [4.78, 5) is 5.02. The molecule has 0 amide bonds. The van der Waals surface area contributed by atoms with Crippen LogP contribution in [0.5, 0.6) is 0 Å². The van der Waals surface area contributed by atoms with Crippen molar-refractivity contribution in [2.45, 2.75) is 10.6 Å². The zero-order chi connectivity index (χ0) is 10.2. The molecule has 14 heavy (non-hydrogen) atoms. The Morgan fingerprint density at radius 3 is 2.86 bits per heavy atom. The summed E-state index contributed by atoms with van der Waals surface area (Å²) in [5.41, 5.74) is 0. The van der Waals surface area contributed by atoms with Gasteiger partial charge in [0, 0.05) is 16.4 Å². The Kier molecular flexibility index (Phi) is 2.94. The average molecular weight is 298 g/mol. The van der Waals surface area contributed by atoms with Crippen molar-refractivity contribution in [1.29, 1.82) is 0 Å². The quantitative estimate of drug-likeness (QED) is 0.837. The fourth-order valence-corrected chi connectivity index (χ4v) is 4.39. The van der Waals surface area contributed by atoms with Gasteiger partial charge in [-0.25, -0.2) is 8.42 Å². The first-order chi connectivity index (χ1) is 6.60. The van der Waals surface area contributed by atoms with Gasteiger partial charge >= 0.3 is 0 Å². The minimum Gasteiger partial charge on any atom is -0.284 e. The second kappa shape index (κ2) is 3.90. The molecule has 1 aromatic heterocycles. The van der Waals surface area contributed by atoms with Crippen LogP contribution in [0.25, 0.3) is 0 Å². The van der Waals surface area contributed by atoms with Gasteiger partial charge in [-0.15, -0.1) is 11.3 Å². The molecule has 0 N–H and O–H groups in total. The van der Waals surface area contributed by atoms with E-state index in [2.05, 4.69) is 15.9 Å². The maximum absolute atomic E-state index is 11.8. The molecular formula is C7H8BrNO3S2. The average Bonchev–Trinajstić information content (AvgIpc) is 2.72. The number of hydrogen-bond acceptors (Lipinski definition) is 4. The van der Waals surface area contributed by atoms with E-state index in [1.54, 1.807) is 11.4 Å². The molecule has 0 saturated carbocycles. The predicted octanol–water partition coefficient (Wildman–Crippen LogP) is 1.84. The molecule has 0 radical (unpaired) electrons. The molecule has 2 rings (SSSR count). The fraction of sp³-hybridized carbons (Fsp3) is 0.429. The molecule has 1 aliphatic rings. The van der Waals surface area contributed by atoms with E-state index in [1.165, 1.54) is 11.3 Å². The van der Waals surface area contributed by atoms with E-state index in [1.807, 2.05) is 0 Å². The van der Waals surface area contributed by atoms with Gasteiger partial charge in [-0.05, 0) is 28.4 Å². The van der Waals surface area contributed by atoms with Crippen molar-refractivity contribution in [2.24, 2.45) is 0 Å². The lowest BCUT2D eigenvalue weighted by Gasteiger charge is -2.11. The minimum absolute atomic E-state index is 0.311. The molecule has 0 atom stereocenters. The zero-order valence-corrected chi connectivity index (χ0v) is 10.4. The number of nitrogens with zero attached hydrogens (tertiary/aromatic N) is 1. The third kappa shape index (κ3) is 1.87. The van der Waals surface area contributed by atoms with Crippen molar-refractivity contribution in [2.75, 3.05) is 13.2 Å². The van der Waals surface area contributed by atoms with Crippen molar-refractivity contribution >= 4 is 37.3 Å². The second-order valence-corrected chi connectivity index (χ2v) is 6.68. The van der Waals surface area contributed by atoms with Gasteiger partial charge in [-0.1, -0.05) is 4.47 Å². The van der Waals surface area contributed by atoms with E-state index in [4.69, 9.17) is 4.84 Å². The van der Waals surface area contributed by atoms with Crippen molar-refractivity contribution in [3.63, 3.8) is 0 Å². The molecule has 1 fully saturated rings. The van der Waals surface area contributed by atoms with Gasteiger partial charge < -0.3 is 0 Å². The fourth-order valence-electron chi connectivity index (χ4n) is 1.14. The van der Waals surface area contributed by atoms with E-state index in [-0.39, 0.29) is 0 Å². The standard InChI is InChI=1S/C7H8BrNO3S2/c8-6-4-7(13-5-6)14(10,11)9-2-1-3-12-9/h4-5H,1-3H2. The molecule has 0 unspecified atom stereocenters. The number of hydroxylamine groups is 1. The third-order valence-electron chi connectivity index (χ3n) is 1.79. The number of sulfonamides is 1. The predicted molar refractivity (Wildman–Crippen MR) is 56.5 cm³/mol. The SMILES string of the molecule is O=S(=O)(c1cc(Br)cs1)N1CCCO1. The largest absolute Gasteiger partial charge is 0.284 e. The van der Waals surface area contributed by atoms with Crippen LogP contribution in [-0.4, -0.2) is 26.0 Å². The Morgan fingerprint density at radius 2 is 2.36 bits per heavy atom. The highest BCUT2D eigenvalue weighted by Gasteiger charge is 2.29. The molecule has 1 saturated heterocycles. The Hall–Kier alpha value is 0.0500. The number of halogens is 1. The van der Waals surface area contributed by atoms with Gasteiger partial charge in [-0.2, -0.15) is 0 Å². The number of rotatable bonds is 2. The van der Waals surface area contributed by atoms with Gasteiger partial charge in [0.15, 0.2) is 0 Å². The van der Waals surface area contributed by atoms with Crippen LogP contribution >= 0.6 is 27.3 Å². The molecule has 0 bridgehead atoms. The summed E-state index contributed by atoms with van der Waals surface area (Å²) in [7, 11) is -3.42. The molecule has 78 valence electrons. The maximum atomic E-state index is 11.8. The van der Waals surface area contributed by atoms with Crippen LogP contribution in [0, 0.1) is 0 Å². The topological polar surface area (TPSA) is 46.6 Å². The molecule has 0 aliphatic carbocycles. The smallest absolute Gasteiger partial charge is 0.274 e. The van der Waals surface area contributed by atoms with E-state index >= 15 is 0 Å². The van der Waals surface area contributed by atoms with Gasteiger partial charge in [0.2, 0.25) is 0 Å². The van der Waals surface area contributed by atoms with Crippen LogP contribution in [0.15, 0.2) is 20.1 Å².